The molecule has 2 aromatic carbocycles. The third-order valence-corrected chi connectivity index (χ3v) is 4.41. The first-order valence-corrected chi connectivity index (χ1v) is 9.66. The maximum absolute atomic E-state index is 13.5. The van der Waals surface area contributed by atoms with Crippen LogP contribution in [-0.2, 0) is 9.59 Å². The quantitative estimate of drug-likeness (QED) is 0.403. The van der Waals surface area contributed by atoms with Gasteiger partial charge in [-0.1, -0.05) is 12.1 Å². The van der Waals surface area contributed by atoms with Crippen LogP contribution in [0.15, 0.2) is 48.5 Å². The number of carbonyl (C=O) groups excluding carboxylic acids is 2. The Morgan fingerprint density at radius 2 is 1.68 bits per heavy atom. The number of hydrogen-bond donors (Lipinski definition) is 4. The molecule has 0 saturated heterocycles. The first kappa shape index (κ1) is 21.5. The zero-order valence-corrected chi connectivity index (χ0v) is 16.6. The van der Waals surface area contributed by atoms with Crippen molar-refractivity contribution in [3.05, 3.63) is 54.3 Å². The van der Waals surface area contributed by atoms with Crippen LogP contribution in [0.5, 0.6) is 5.75 Å². The van der Waals surface area contributed by atoms with E-state index in [9.17, 15) is 14.0 Å². The number of thioether (sulfide) groups is 1. The number of hydrogen-bond acceptors (Lipinski definition) is 5. The van der Waals surface area contributed by atoms with Gasteiger partial charge in [0.25, 0.3) is 0 Å². The minimum absolute atomic E-state index is 0.0423. The summed E-state index contributed by atoms with van der Waals surface area (Å²) in [4.78, 5) is 23.6. The van der Waals surface area contributed by atoms with Gasteiger partial charge in [-0.15, -0.1) is 11.8 Å². The number of nitrogens with one attached hydrogen (secondary N) is 4. The minimum Gasteiger partial charge on any atom is -0.497 e. The Bertz CT molecular complexity index is 834. The number of halogens is 1. The van der Waals surface area contributed by atoms with Crippen LogP contribution in [0.25, 0.3) is 0 Å². The Kier molecular flexibility index (Phi) is 8.50. The van der Waals surface area contributed by atoms with Gasteiger partial charge in [0, 0.05) is 5.69 Å². The van der Waals surface area contributed by atoms with Gasteiger partial charge in [0.1, 0.15) is 11.6 Å². The molecule has 0 heterocycles. The van der Waals surface area contributed by atoms with Gasteiger partial charge in [-0.25, -0.2) is 4.39 Å². The van der Waals surface area contributed by atoms with Crippen molar-refractivity contribution in [2.45, 2.75) is 0 Å². The van der Waals surface area contributed by atoms with Crippen molar-refractivity contribution in [3.63, 3.8) is 0 Å². The minimum atomic E-state index is -0.462. The van der Waals surface area contributed by atoms with Crippen molar-refractivity contribution in [1.82, 2.24) is 10.9 Å². The van der Waals surface area contributed by atoms with Gasteiger partial charge < -0.3 is 15.4 Å². The summed E-state index contributed by atoms with van der Waals surface area (Å²) in [5, 5.41) is 5.39. The van der Waals surface area contributed by atoms with Crippen LogP contribution in [0.1, 0.15) is 0 Å². The lowest BCUT2D eigenvalue weighted by atomic mass is 10.3. The molecule has 4 N–H and O–H groups in total. The summed E-state index contributed by atoms with van der Waals surface area (Å²) in [7, 11) is 1.56. The van der Waals surface area contributed by atoms with E-state index in [1.165, 1.54) is 12.1 Å². The van der Waals surface area contributed by atoms with Gasteiger partial charge in [0.2, 0.25) is 11.8 Å². The molecule has 0 aliphatic heterocycles. The van der Waals surface area contributed by atoms with Crippen molar-refractivity contribution < 1.29 is 18.7 Å². The van der Waals surface area contributed by atoms with Gasteiger partial charge in [-0.2, -0.15) is 0 Å². The molecular formula is C18H19FN4O3S2. The monoisotopic (exact) mass is 422 g/mol. The predicted molar refractivity (Wildman–Crippen MR) is 113 cm³/mol. The molecule has 0 aliphatic rings. The number of benzene rings is 2. The molecule has 0 saturated carbocycles. The van der Waals surface area contributed by atoms with Crippen LogP contribution in [0.2, 0.25) is 0 Å². The van der Waals surface area contributed by atoms with E-state index in [0.717, 1.165) is 11.8 Å². The highest BCUT2D eigenvalue weighted by Crippen LogP contribution is 2.15. The number of anilines is 2. The van der Waals surface area contributed by atoms with Gasteiger partial charge in [-0.3, -0.25) is 20.4 Å². The highest BCUT2D eigenvalue weighted by Gasteiger charge is 2.08. The van der Waals surface area contributed by atoms with E-state index in [-0.39, 0.29) is 34.1 Å². The second-order valence-corrected chi connectivity index (χ2v) is 6.77. The highest BCUT2D eigenvalue weighted by atomic mass is 32.2. The summed E-state index contributed by atoms with van der Waals surface area (Å²) in [5.41, 5.74) is 5.69. The fourth-order valence-electron chi connectivity index (χ4n) is 1.99. The maximum Gasteiger partial charge on any atom is 0.248 e. The molecule has 0 unspecified atom stereocenters. The number of para-hydroxylation sites is 1. The lowest BCUT2D eigenvalue weighted by Gasteiger charge is -2.12. The predicted octanol–water partition coefficient (Wildman–Crippen LogP) is 2.52. The third-order valence-electron chi connectivity index (χ3n) is 3.28. The molecule has 0 atom stereocenters. The summed E-state index contributed by atoms with van der Waals surface area (Å²) < 4.78 is 18.5. The molecule has 148 valence electrons. The molecule has 0 fully saturated rings. The van der Waals surface area contributed by atoms with E-state index >= 15 is 0 Å². The molecule has 28 heavy (non-hydrogen) atoms. The summed E-state index contributed by atoms with van der Waals surface area (Å²) in [6.45, 7) is 0. The van der Waals surface area contributed by atoms with Gasteiger partial charge in [-0.05, 0) is 48.6 Å². The first-order chi connectivity index (χ1) is 13.5. The first-order valence-electron chi connectivity index (χ1n) is 8.10. The van der Waals surface area contributed by atoms with Crippen molar-refractivity contribution in [1.29, 1.82) is 0 Å². The van der Waals surface area contributed by atoms with Crippen molar-refractivity contribution in [2.75, 3.05) is 29.2 Å². The lowest BCUT2D eigenvalue weighted by molar-refractivity contribution is -0.119. The zero-order valence-electron chi connectivity index (χ0n) is 15.0. The van der Waals surface area contributed by atoms with E-state index in [0.29, 0.717) is 11.4 Å². The molecule has 10 heteroatoms. The van der Waals surface area contributed by atoms with Crippen LogP contribution in [0.4, 0.5) is 15.8 Å². The van der Waals surface area contributed by atoms with Crippen LogP contribution < -0.4 is 26.2 Å². The summed E-state index contributed by atoms with van der Waals surface area (Å²) >= 11 is 6.12. The fraction of sp³-hybridized carbons (Fsp3) is 0.167. The topological polar surface area (TPSA) is 91.5 Å². The number of carbonyl (C=O) groups is 2. The number of thiocarbonyl (C=S) groups is 1. The molecular weight excluding hydrogens is 403 g/mol. The number of methoxy groups -OCH3 is 1. The smallest absolute Gasteiger partial charge is 0.248 e. The lowest BCUT2D eigenvalue weighted by Crippen LogP contribution is -2.44. The Labute approximate surface area is 171 Å². The molecule has 2 amide bonds. The van der Waals surface area contributed by atoms with Crippen LogP contribution in [-0.4, -0.2) is 35.5 Å². The van der Waals surface area contributed by atoms with Crippen molar-refractivity contribution >= 4 is 52.3 Å². The third kappa shape index (κ3) is 7.41. The number of hydrazine groups is 1. The molecule has 0 aromatic heterocycles. The second-order valence-electron chi connectivity index (χ2n) is 5.38. The van der Waals surface area contributed by atoms with Gasteiger partial charge >= 0.3 is 0 Å². The number of amides is 2. The summed E-state index contributed by atoms with van der Waals surface area (Å²) in [6, 6.07) is 12.9. The molecule has 7 nitrogen and oxygen atoms in total. The molecule has 0 radical (unpaired) electrons. The van der Waals surface area contributed by atoms with Crippen molar-refractivity contribution in [2.24, 2.45) is 0 Å². The zero-order chi connectivity index (χ0) is 20.4. The van der Waals surface area contributed by atoms with Gasteiger partial charge in [0.15, 0.2) is 5.11 Å². The Balaban J connectivity index is 1.63. The second kappa shape index (κ2) is 11.1. The average molecular weight is 423 g/mol. The van der Waals surface area contributed by atoms with E-state index in [2.05, 4.69) is 21.5 Å². The SMILES string of the molecule is COc1ccc(NC(=O)CSCC(=O)NNC(=S)Nc2ccccc2F)cc1. The largest absolute Gasteiger partial charge is 0.497 e. The highest BCUT2D eigenvalue weighted by molar-refractivity contribution is 8.00. The van der Waals surface area contributed by atoms with Crippen molar-refractivity contribution in [3.8, 4) is 5.75 Å². The number of ether oxygens (including phenoxy) is 1. The fourth-order valence-corrected chi connectivity index (χ4v) is 2.76. The number of rotatable bonds is 7. The van der Waals surface area contributed by atoms with E-state index < -0.39 is 5.82 Å². The van der Waals surface area contributed by atoms with Crippen LogP contribution in [0, 0.1) is 5.82 Å². The Morgan fingerprint density at radius 1 is 1.00 bits per heavy atom. The summed E-state index contributed by atoms with van der Waals surface area (Å²) in [6.07, 6.45) is 0. The van der Waals surface area contributed by atoms with E-state index in [1.54, 1.807) is 43.5 Å². The normalized spacial score (nSPS) is 9.93. The average Bonchev–Trinajstić information content (AvgIpc) is 2.69. The molecule has 2 rings (SSSR count). The van der Waals surface area contributed by atoms with Crippen LogP contribution >= 0.6 is 24.0 Å². The summed E-state index contributed by atoms with van der Waals surface area (Å²) in [5.74, 6) is -0.217. The molecule has 2 aromatic rings. The molecule has 0 spiro atoms. The Hall–Kier alpha value is -2.85. The van der Waals surface area contributed by atoms with E-state index in [1.807, 2.05) is 0 Å². The molecule has 0 bridgehead atoms. The van der Waals surface area contributed by atoms with Gasteiger partial charge in [0.05, 0.1) is 24.3 Å². The van der Waals surface area contributed by atoms with E-state index in [4.69, 9.17) is 17.0 Å². The standard InChI is InChI=1S/C18H19FN4O3S2/c1-26-13-8-6-12(7-9-13)20-16(24)10-28-11-17(25)22-23-18(27)21-15-5-3-2-4-14(15)19/h2-9H,10-11H2,1H3,(H,20,24)(H,22,25)(H2,21,23,27). The Morgan fingerprint density at radius 3 is 2.36 bits per heavy atom. The maximum atomic E-state index is 13.5. The van der Waals surface area contributed by atoms with Crippen LogP contribution in [0.3, 0.4) is 0 Å². The molecule has 0 aliphatic carbocycles.